The van der Waals surface area contributed by atoms with Crippen LogP contribution in [0.3, 0.4) is 0 Å². The number of benzene rings is 2. The van der Waals surface area contributed by atoms with Crippen molar-refractivity contribution in [3.8, 4) is 11.1 Å². The summed E-state index contributed by atoms with van der Waals surface area (Å²) in [5, 5.41) is 9.82. The van der Waals surface area contributed by atoms with Gasteiger partial charge in [0.15, 0.2) is 0 Å². The Hall–Kier alpha value is -3.41. The monoisotopic (exact) mass is 416 g/mol. The molecule has 0 spiro atoms. The number of hydrogen-bond acceptors (Lipinski definition) is 3. The van der Waals surface area contributed by atoms with Gasteiger partial charge in [-0.25, -0.2) is 0 Å². The Bertz CT molecular complexity index is 1080. The van der Waals surface area contributed by atoms with Crippen molar-refractivity contribution in [1.29, 1.82) is 0 Å². The van der Waals surface area contributed by atoms with Crippen molar-refractivity contribution in [3.63, 3.8) is 0 Å². The minimum atomic E-state index is -0.659. The number of likely N-dealkylation sites (tertiary alicyclic amines) is 1. The van der Waals surface area contributed by atoms with Crippen LogP contribution in [0.25, 0.3) is 11.1 Å². The molecule has 0 unspecified atom stereocenters. The molecule has 2 N–H and O–H groups in total. The molecule has 1 fully saturated rings. The van der Waals surface area contributed by atoms with Crippen molar-refractivity contribution in [2.24, 2.45) is 5.41 Å². The fourth-order valence-electron chi connectivity index (χ4n) is 4.48. The van der Waals surface area contributed by atoms with E-state index in [1.807, 2.05) is 44.2 Å². The normalized spacial score (nSPS) is 18.2. The lowest BCUT2D eigenvalue weighted by Crippen LogP contribution is -2.45. The summed E-state index contributed by atoms with van der Waals surface area (Å²) in [7, 11) is 0. The summed E-state index contributed by atoms with van der Waals surface area (Å²) in [5.41, 5.74) is 4.03. The van der Waals surface area contributed by atoms with Gasteiger partial charge in [0, 0.05) is 25.3 Å². The number of aromatic nitrogens is 2. The van der Waals surface area contributed by atoms with Crippen molar-refractivity contribution >= 4 is 11.8 Å². The van der Waals surface area contributed by atoms with Gasteiger partial charge < -0.3 is 10.2 Å². The molecule has 6 nitrogen and oxygen atoms in total. The number of carbonyl (C=O) groups is 2. The van der Waals surface area contributed by atoms with Crippen LogP contribution in [0.2, 0.25) is 0 Å². The third-order valence-corrected chi connectivity index (χ3v) is 6.15. The molecule has 2 amide bonds. The molecule has 0 aliphatic carbocycles. The second-order valence-corrected chi connectivity index (χ2v) is 8.23. The zero-order chi connectivity index (χ0) is 21.8. The van der Waals surface area contributed by atoms with Crippen LogP contribution in [0.1, 0.15) is 35.0 Å². The molecule has 3 aromatic rings. The number of nitrogens with one attached hydrogen (secondary N) is 2. The molecule has 2 heterocycles. The van der Waals surface area contributed by atoms with Crippen molar-refractivity contribution < 1.29 is 9.59 Å². The lowest BCUT2D eigenvalue weighted by atomic mass is 9.78. The highest BCUT2D eigenvalue weighted by atomic mass is 16.2. The smallest absolute Gasteiger partial charge is 0.257 e. The van der Waals surface area contributed by atoms with Crippen molar-refractivity contribution in [1.82, 2.24) is 20.4 Å². The van der Waals surface area contributed by atoms with E-state index in [1.54, 1.807) is 11.1 Å². The first-order valence-electron chi connectivity index (χ1n) is 10.7. The van der Waals surface area contributed by atoms with E-state index in [9.17, 15) is 9.59 Å². The maximum Gasteiger partial charge on any atom is 0.257 e. The molecule has 2 aromatic carbocycles. The number of hydrogen-bond donors (Lipinski definition) is 2. The Kier molecular flexibility index (Phi) is 5.89. The van der Waals surface area contributed by atoms with Crippen LogP contribution in [0.5, 0.6) is 0 Å². The minimum Gasteiger partial charge on any atom is -0.356 e. The van der Waals surface area contributed by atoms with Gasteiger partial charge in [-0.15, -0.1) is 0 Å². The number of carbonyl (C=O) groups excluding carboxylic acids is 2. The van der Waals surface area contributed by atoms with E-state index in [2.05, 4.69) is 39.8 Å². The summed E-state index contributed by atoms with van der Waals surface area (Å²) in [6, 6.07) is 18.4. The molecule has 0 radical (unpaired) electrons. The maximum absolute atomic E-state index is 13.3. The average molecular weight is 417 g/mol. The lowest BCUT2D eigenvalue weighted by molar-refractivity contribution is -0.130. The van der Waals surface area contributed by atoms with E-state index >= 15 is 0 Å². The van der Waals surface area contributed by atoms with Crippen LogP contribution in [0.15, 0.2) is 60.8 Å². The lowest BCUT2D eigenvalue weighted by Gasteiger charge is -2.29. The molecular formula is C25H28N4O2. The maximum atomic E-state index is 13.3. The van der Waals surface area contributed by atoms with Gasteiger partial charge in [0.1, 0.15) is 0 Å². The number of amides is 2. The first-order chi connectivity index (χ1) is 15.0. The molecule has 160 valence electrons. The summed E-state index contributed by atoms with van der Waals surface area (Å²) in [6.07, 6.45) is 2.77. The summed E-state index contributed by atoms with van der Waals surface area (Å²) in [6.45, 7) is 5.27. The third-order valence-electron chi connectivity index (χ3n) is 6.15. The Labute approximate surface area is 182 Å². The summed E-state index contributed by atoms with van der Waals surface area (Å²) >= 11 is 0. The Morgan fingerprint density at radius 3 is 2.58 bits per heavy atom. The van der Waals surface area contributed by atoms with E-state index < -0.39 is 5.41 Å². The van der Waals surface area contributed by atoms with E-state index in [-0.39, 0.29) is 11.8 Å². The predicted molar refractivity (Wildman–Crippen MR) is 121 cm³/mol. The molecular weight excluding hydrogens is 388 g/mol. The van der Waals surface area contributed by atoms with Crippen LogP contribution in [0, 0.1) is 12.3 Å². The van der Waals surface area contributed by atoms with Crippen LogP contribution in [-0.2, 0) is 11.2 Å². The highest BCUT2D eigenvalue weighted by Gasteiger charge is 2.46. The highest BCUT2D eigenvalue weighted by molar-refractivity contribution is 5.96. The number of nitrogens with zero attached hydrogens (tertiary/aromatic N) is 2. The molecule has 31 heavy (non-hydrogen) atoms. The number of rotatable bonds is 6. The topological polar surface area (TPSA) is 78.1 Å². The summed E-state index contributed by atoms with van der Waals surface area (Å²) in [4.78, 5) is 28.1. The Balaban J connectivity index is 1.66. The van der Waals surface area contributed by atoms with Crippen molar-refractivity contribution in [2.45, 2.75) is 26.7 Å². The van der Waals surface area contributed by atoms with Gasteiger partial charge in [0.2, 0.25) is 5.91 Å². The Morgan fingerprint density at radius 2 is 1.87 bits per heavy atom. The standard InChI is InChI=1S/C25H28N4O2/c1-3-26-24(31)25(13-14-29(17-25)23(30)22-16-27-28-18(22)2)15-20-11-7-8-12-21(20)19-9-5-4-6-10-19/h4-12,16H,3,13-15,17H2,1-2H3,(H,26,31)(H,27,28)/t25-/m1/s1. The largest absolute Gasteiger partial charge is 0.356 e. The molecule has 1 aliphatic heterocycles. The molecule has 1 aliphatic rings. The first kappa shape index (κ1) is 20.8. The first-order valence-corrected chi connectivity index (χ1v) is 10.7. The van der Waals surface area contributed by atoms with Gasteiger partial charge in [-0.1, -0.05) is 54.6 Å². The van der Waals surface area contributed by atoms with E-state index in [0.717, 1.165) is 22.4 Å². The highest BCUT2D eigenvalue weighted by Crippen LogP contribution is 2.38. The van der Waals surface area contributed by atoms with Crippen LogP contribution in [-0.4, -0.2) is 46.5 Å². The van der Waals surface area contributed by atoms with E-state index in [4.69, 9.17) is 0 Å². The molecule has 0 bridgehead atoms. The van der Waals surface area contributed by atoms with Gasteiger partial charge >= 0.3 is 0 Å². The number of aromatic amines is 1. The zero-order valence-corrected chi connectivity index (χ0v) is 18.0. The van der Waals surface area contributed by atoms with Crippen LogP contribution in [0.4, 0.5) is 0 Å². The van der Waals surface area contributed by atoms with Gasteiger partial charge in [0.05, 0.1) is 17.2 Å². The van der Waals surface area contributed by atoms with E-state index in [1.165, 1.54) is 0 Å². The molecule has 0 saturated carbocycles. The van der Waals surface area contributed by atoms with Crippen LogP contribution >= 0.6 is 0 Å². The SMILES string of the molecule is CCNC(=O)[C@@]1(Cc2ccccc2-c2ccccc2)CCN(C(=O)c2cn[nH]c2C)C1. The summed E-state index contributed by atoms with van der Waals surface area (Å²) in [5.74, 6) is -0.0640. The van der Waals surface area contributed by atoms with Gasteiger partial charge in [-0.2, -0.15) is 5.10 Å². The fourth-order valence-corrected chi connectivity index (χ4v) is 4.48. The van der Waals surface area contributed by atoms with Gasteiger partial charge in [-0.3, -0.25) is 14.7 Å². The fraction of sp³-hybridized carbons (Fsp3) is 0.320. The van der Waals surface area contributed by atoms with Crippen molar-refractivity contribution in [2.75, 3.05) is 19.6 Å². The second kappa shape index (κ2) is 8.76. The minimum absolute atomic E-state index is 0.0112. The van der Waals surface area contributed by atoms with Gasteiger partial charge in [0.25, 0.3) is 5.91 Å². The summed E-state index contributed by atoms with van der Waals surface area (Å²) < 4.78 is 0. The molecule has 6 heteroatoms. The number of aryl methyl sites for hydroxylation is 1. The number of H-pyrrole nitrogens is 1. The molecule has 1 aromatic heterocycles. The Morgan fingerprint density at radius 1 is 1.13 bits per heavy atom. The zero-order valence-electron chi connectivity index (χ0n) is 18.0. The molecule has 1 saturated heterocycles. The second-order valence-electron chi connectivity index (χ2n) is 8.23. The van der Waals surface area contributed by atoms with Gasteiger partial charge in [-0.05, 0) is 43.4 Å². The molecule has 1 atom stereocenters. The quantitative estimate of drug-likeness (QED) is 0.645. The third kappa shape index (κ3) is 4.10. The average Bonchev–Trinajstić information content (AvgIpc) is 3.42. The van der Waals surface area contributed by atoms with Crippen LogP contribution < -0.4 is 5.32 Å². The van der Waals surface area contributed by atoms with Crippen molar-refractivity contribution in [3.05, 3.63) is 77.6 Å². The molecule has 4 rings (SSSR count). The van der Waals surface area contributed by atoms with E-state index in [0.29, 0.717) is 38.0 Å². The predicted octanol–water partition coefficient (Wildman–Crippen LogP) is 3.60.